The van der Waals surface area contributed by atoms with E-state index < -0.39 is 31.7 Å². The van der Waals surface area contributed by atoms with Crippen molar-refractivity contribution in [2.75, 3.05) is 11.5 Å². The summed E-state index contributed by atoms with van der Waals surface area (Å²) >= 11 is 7.42. The molecule has 0 saturated carbocycles. The Kier molecular flexibility index (Phi) is 13.5. The van der Waals surface area contributed by atoms with E-state index in [9.17, 15) is 25.9 Å². The Morgan fingerprint density at radius 3 is 1.06 bits per heavy atom. The van der Waals surface area contributed by atoms with Gasteiger partial charge in [0.25, 0.3) is 0 Å². The van der Waals surface area contributed by atoms with Crippen LogP contribution in [0.2, 0.25) is 0 Å². The molecule has 2 atom stereocenters. The van der Waals surface area contributed by atoms with Gasteiger partial charge in [-0.05, 0) is 0 Å². The van der Waals surface area contributed by atoms with Crippen LogP contribution in [0.25, 0.3) is 0 Å². The standard InChI is InChI=1S/2C3H8O3S2.Cu/c2*1-3(7)2-8(4,5)6;/h2*3,7H,2H2,1H3,(H,4,5,6);/q;;+2/p-2. The molecule has 0 aromatic heterocycles. The first-order valence-electron chi connectivity index (χ1n) is 4.06. The number of hydrogen-bond acceptors (Lipinski definition) is 8. The van der Waals surface area contributed by atoms with Crippen LogP contribution in [0, 0.1) is 0 Å². The van der Waals surface area contributed by atoms with Crippen molar-refractivity contribution < 1.29 is 43.0 Å². The van der Waals surface area contributed by atoms with Gasteiger partial charge in [-0.3, -0.25) is 0 Å². The van der Waals surface area contributed by atoms with E-state index in [-0.39, 0.29) is 27.6 Å². The first kappa shape index (κ1) is 23.2. The van der Waals surface area contributed by atoms with Crippen LogP contribution in [-0.4, -0.2) is 47.9 Å². The minimum Gasteiger partial charge on any atom is -0.748 e. The second-order valence-corrected chi connectivity index (χ2v) is 7.81. The first-order chi connectivity index (χ1) is 6.83. The first-order valence-corrected chi connectivity index (χ1v) is 8.25. The SMILES string of the molecule is CC(S)CS(=O)(=O)[O-].CC(S)CS(=O)(=O)[O-].[Cu+2]. The molecule has 0 aromatic carbocycles. The summed E-state index contributed by atoms with van der Waals surface area (Å²) in [7, 11) is -8.10. The average Bonchev–Trinajstić information content (AvgIpc) is 1.72. The van der Waals surface area contributed by atoms with Crippen LogP contribution >= 0.6 is 25.3 Å². The molecule has 6 nitrogen and oxygen atoms in total. The van der Waals surface area contributed by atoms with Crippen molar-refractivity contribution in [3.8, 4) is 0 Å². The monoisotopic (exact) mass is 373 g/mol. The molecular weight excluding hydrogens is 360 g/mol. The summed E-state index contributed by atoms with van der Waals surface area (Å²) in [5.74, 6) is -0.785. The summed E-state index contributed by atoms with van der Waals surface area (Å²) in [5, 5.41) is -0.727. The molecule has 17 heavy (non-hydrogen) atoms. The normalized spacial score (nSPS) is 14.9. The molecule has 0 aliphatic rings. The van der Waals surface area contributed by atoms with Gasteiger partial charge in [0.1, 0.15) is 0 Å². The van der Waals surface area contributed by atoms with Gasteiger partial charge in [0, 0.05) is 22.0 Å². The van der Waals surface area contributed by atoms with E-state index >= 15 is 0 Å². The Morgan fingerprint density at radius 1 is 0.882 bits per heavy atom. The van der Waals surface area contributed by atoms with E-state index in [0.717, 1.165) is 0 Å². The maximum absolute atomic E-state index is 9.84. The third kappa shape index (κ3) is 31.6. The van der Waals surface area contributed by atoms with Crippen LogP contribution < -0.4 is 0 Å². The molecule has 0 aliphatic heterocycles. The van der Waals surface area contributed by atoms with E-state index in [1.165, 1.54) is 0 Å². The molecule has 2 unspecified atom stereocenters. The average molecular weight is 374 g/mol. The summed E-state index contributed by atoms with van der Waals surface area (Å²) in [4.78, 5) is 0. The topological polar surface area (TPSA) is 114 Å². The largest absolute Gasteiger partial charge is 2.00 e. The summed E-state index contributed by atoms with van der Waals surface area (Å²) in [6, 6.07) is 0. The molecule has 0 bridgehead atoms. The Bertz CT molecular complexity index is 335. The Hall–Kier alpha value is 1.04. The molecule has 0 saturated heterocycles. The van der Waals surface area contributed by atoms with Gasteiger partial charge in [0.05, 0.1) is 20.2 Å². The second kappa shape index (κ2) is 9.90. The molecule has 0 fully saturated rings. The predicted molar refractivity (Wildman–Crippen MR) is 66.0 cm³/mol. The smallest absolute Gasteiger partial charge is 0.748 e. The van der Waals surface area contributed by atoms with E-state index in [4.69, 9.17) is 0 Å². The molecule has 11 heteroatoms. The van der Waals surface area contributed by atoms with E-state index in [2.05, 4.69) is 25.3 Å². The summed E-state index contributed by atoms with van der Waals surface area (Å²) in [6.07, 6.45) is 0. The van der Waals surface area contributed by atoms with Crippen molar-refractivity contribution in [2.24, 2.45) is 0 Å². The minimum atomic E-state index is -4.05. The number of rotatable bonds is 4. The van der Waals surface area contributed by atoms with Crippen LogP contribution in [0.15, 0.2) is 0 Å². The number of thiol groups is 2. The quantitative estimate of drug-likeness (QED) is 0.397. The zero-order chi connectivity index (χ0) is 13.6. The maximum atomic E-state index is 9.84. The van der Waals surface area contributed by atoms with E-state index in [1.807, 2.05) is 0 Å². The molecule has 0 spiro atoms. The van der Waals surface area contributed by atoms with Crippen LogP contribution in [0.5, 0.6) is 0 Å². The van der Waals surface area contributed by atoms with Gasteiger partial charge in [0.15, 0.2) is 0 Å². The molecule has 1 radical (unpaired) electrons. The molecule has 0 rings (SSSR count). The number of hydrogen-bond donors (Lipinski definition) is 2. The van der Waals surface area contributed by atoms with Crippen molar-refractivity contribution in [1.82, 2.24) is 0 Å². The molecule has 0 heterocycles. The van der Waals surface area contributed by atoms with Crippen molar-refractivity contribution in [3.63, 3.8) is 0 Å². The minimum absolute atomic E-state index is 0. The second-order valence-electron chi connectivity index (χ2n) is 3.15. The van der Waals surface area contributed by atoms with Crippen molar-refractivity contribution in [2.45, 2.75) is 24.3 Å². The molecule has 0 N–H and O–H groups in total. The van der Waals surface area contributed by atoms with Gasteiger partial charge in [-0.15, -0.1) is 0 Å². The zero-order valence-corrected chi connectivity index (χ0v) is 13.4. The van der Waals surface area contributed by atoms with Crippen LogP contribution in [0.4, 0.5) is 0 Å². The van der Waals surface area contributed by atoms with Crippen molar-refractivity contribution in [1.29, 1.82) is 0 Å². The maximum Gasteiger partial charge on any atom is 2.00 e. The van der Waals surface area contributed by atoms with Gasteiger partial charge < -0.3 is 9.11 Å². The third-order valence-corrected chi connectivity index (χ3v) is 3.57. The third-order valence-electron chi connectivity index (χ3n) is 0.891. The Labute approximate surface area is 124 Å². The van der Waals surface area contributed by atoms with Gasteiger partial charge in [-0.25, -0.2) is 16.8 Å². The Morgan fingerprint density at radius 2 is 1.06 bits per heavy atom. The fourth-order valence-corrected chi connectivity index (χ4v) is 2.87. The predicted octanol–water partition coefficient (Wildman–Crippen LogP) is -0.303. The molecule has 0 amide bonds. The van der Waals surface area contributed by atoms with Gasteiger partial charge >= 0.3 is 17.1 Å². The van der Waals surface area contributed by atoms with Gasteiger partial charge in [-0.2, -0.15) is 25.3 Å². The fourth-order valence-electron chi connectivity index (χ4n) is 0.591. The van der Waals surface area contributed by atoms with Crippen LogP contribution in [0.3, 0.4) is 0 Å². The molecule has 0 aromatic rings. The van der Waals surface area contributed by atoms with Gasteiger partial charge in [0.2, 0.25) is 0 Å². The summed E-state index contributed by atoms with van der Waals surface area (Å²) in [6.45, 7) is 3.11. The van der Waals surface area contributed by atoms with Crippen LogP contribution in [0.1, 0.15) is 13.8 Å². The fraction of sp³-hybridized carbons (Fsp3) is 1.00. The van der Waals surface area contributed by atoms with Crippen molar-refractivity contribution in [3.05, 3.63) is 0 Å². The zero-order valence-electron chi connectivity index (χ0n) is 9.03. The summed E-state index contributed by atoms with van der Waals surface area (Å²) < 4.78 is 59.0. The molecule has 109 valence electrons. The van der Waals surface area contributed by atoms with Gasteiger partial charge in [-0.1, -0.05) is 13.8 Å². The van der Waals surface area contributed by atoms with Crippen molar-refractivity contribution >= 4 is 45.5 Å². The van der Waals surface area contributed by atoms with E-state index in [0.29, 0.717) is 0 Å². The molecule has 0 aliphatic carbocycles. The van der Waals surface area contributed by atoms with E-state index in [1.54, 1.807) is 13.8 Å². The Balaban J connectivity index is -0.000000218. The summed E-state index contributed by atoms with van der Waals surface area (Å²) in [5.41, 5.74) is 0. The molecular formula is C6H14CuO6S4. The van der Waals surface area contributed by atoms with Crippen LogP contribution in [-0.2, 0) is 37.3 Å².